The zero-order valence-corrected chi connectivity index (χ0v) is 10.8. The molecule has 88 valence electrons. The molecule has 1 aromatic rings. The average Bonchev–Trinajstić information content (AvgIpc) is 2.80. The highest BCUT2D eigenvalue weighted by Crippen LogP contribution is 2.26. The van der Waals surface area contributed by atoms with E-state index in [0.717, 1.165) is 5.56 Å². The summed E-state index contributed by atoms with van der Waals surface area (Å²) >= 11 is 3.30. The van der Waals surface area contributed by atoms with Crippen LogP contribution in [-0.2, 0) is 5.33 Å². The van der Waals surface area contributed by atoms with Crippen LogP contribution in [0.1, 0.15) is 31.2 Å². The average molecular weight is 287 g/mol. The van der Waals surface area contributed by atoms with E-state index in [0.29, 0.717) is 23.6 Å². The summed E-state index contributed by atoms with van der Waals surface area (Å²) in [6.45, 7) is 0.657. The molecule has 0 unspecified atom stereocenters. The maximum atomic E-state index is 13.6. The summed E-state index contributed by atoms with van der Waals surface area (Å²) in [5.74, 6) is 0.752. The molecule has 0 amide bonds. The molecule has 3 heteroatoms. The van der Waals surface area contributed by atoms with Crippen LogP contribution < -0.4 is 4.74 Å². The second-order valence-electron chi connectivity index (χ2n) is 4.36. The first kappa shape index (κ1) is 11.9. The lowest BCUT2D eigenvalue weighted by Crippen LogP contribution is -2.08. The lowest BCUT2D eigenvalue weighted by atomic mass is 10.1. The van der Waals surface area contributed by atoms with E-state index in [4.69, 9.17) is 4.74 Å². The van der Waals surface area contributed by atoms with E-state index < -0.39 is 0 Å². The van der Waals surface area contributed by atoms with Gasteiger partial charge in [-0.2, -0.15) is 0 Å². The van der Waals surface area contributed by atoms with E-state index >= 15 is 0 Å². The Labute approximate surface area is 104 Å². The molecule has 0 N–H and O–H groups in total. The van der Waals surface area contributed by atoms with Crippen LogP contribution in [0.3, 0.4) is 0 Å². The van der Waals surface area contributed by atoms with Crippen LogP contribution in [-0.4, -0.2) is 6.61 Å². The van der Waals surface area contributed by atoms with Crippen molar-refractivity contribution in [2.24, 2.45) is 5.92 Å². The number of hydrogen-bond donors (Lipinski definition) is 0. The van der Waals surface area contributed by atoms with Gasteiger partial charge in [0.15, 0.2) is 11.6 Å². The van der Waals surface area contributed by atoms with Crippen LogP contribution in [0.2, 0.25) is 0 Å². The fourth-order valence-corrected chi connectivity index (χ4v) is 2.48. The van der Waals surface area contributed by atoms with Gasteiger partial charge in [0.05, 0.1) is 6.61 Å². The van der Waals surface area contributed by atoms with Gasteiger partial charge in [-0.05, 0) is 36.5 Å². The van der Waals surface area contributed by atoms with Crippen molar-refractivity contribution in [1.82, 2.24) is 0 Å². The summed E-state index contributed by atoms with van der Waals surface area (Å²) < 4.78 is 19.1. The summed E-state index contributed by atoms with van der Waals surface area (Å²) in [6.07, 6.45) is 5.03. The van der Waals surface area contributed by atoms with Gasteiger partial charge in [-0.25, -0.2) is 4.39 Å². The highest BCUT2D eigenvalue weighted by atomic mass is 79.9. The fraction of sp³-hybridized carbons (Fsp3) is 0.538. The van der Waals surface area contributed by atoms with Gasteiger partial charge < -0.3 is 4.74 Å². The van der Waals surface area contributed by atoms with E-state index in [1.165, 1.54) is 31.7 Å². The van der Waals surface area contributed by atoms with E-state index in [2.05, 4.69) is 15.9 Å². The Bertz CT molecular complexity index is 348. The van der Waals surface area contributed by atoms with Gasteiger partial charge in [0.25, 0.3) is 0 Å². The summed E-state index contributed by atoms with van der Waals surface area (Å²) in [7, 11) is 0. The molecule has 1 nitrogen and oxygen atoms in total. The summed E-state index contributed by atoms with van der Waals surface area (Å²) in [6, 6.07) is 5.14. The molecule has 0 radical (unpaired) electrons. The SMILES string of the molecule is Fc1cc(CBr)ccc1OCC1CCCC1. The van der Waals surface area contributed by atoms with E-state index in [1.54, 1.807) is 6.07 Å². The largest absolute Gasteiger partial charge is 0.490 e. The van der Waals surface area contributed by atoms with Gasteiger partial charge in [0, 0.05) is 5.33 Å². The van der Waals surface area contributed by atoms with Crippen LogP contribution >= 0.6 is 15.9 Å². The minimum Gasteiger partial charge on any atom is -0.490 e. The van der Waals surface area contributed by atoms with Crippen LogP contribution in [0.5, 0.6) is 5.75 Å². The van der Waals surface area contributed by atoms with Crippen molar-refractivity contribution in [2.45, 2.75) is 31.0 Å². The Hall–Kier alpha value is -0.570. The predicted octanol–water partition coefficient (Wildman–Crippen LogP) is 4.29. The molecular formula is C13H16BrFO. The van der Waals surface area contributed by atoms with Gasteiger partial charge >= 0.3 is 0 Å². The maximum absolute atomic E-state index is 13.6. The van der Waals surface area contributed by atoms with Crippen molar-refractivity contribution in [3.05, 3.63) is 29.6 Å². The quantitative estimate of drug-likeness (QED) is 0.751. The van der Waals surface area contributed by atoms with E-state index in [-0.39, 0.29) is 5.82 Å². The van der Waals surface area contributed by atoms with Crippen LogP contribution in [0.25, 0.3) is 0 Å². The molecule has 0 atom stereocenters. The van der Waals surface area contributed by atoms with Gasteiger partial charge in [-0.3, -0.25) is 0 Å². The molecule has 1 aliphatic rings. The zero-order chi connectivity index (χ0) is 11.4. The van der Waals surface area contributed by atoms with Crippen LogP contribution in [0.15, 0.2) is 18.2 Å². The molecule has 1 aliphatic carbocycles. The van der Waals surface area contributed by atoms with Gasteiger partial charge in [0.2, 0.25) is 0 Å². The zero-order valence-electron chi connectivity index (χ0n) is 9.22. The molecule has 1 aromatic carbocycles. The lowest BCUT2D eigenvalue weighted by molar-refractivity contribution is 0.242. The lowest BCUT2D eigenvalue weighted by Gasteiger charge is -2.12. The van der Waals surface area contributed by atoms with Crippen molar-refractivity contribution in [3.8, 4) is 5.75 Å². The molecule has 0 aliphatic heterocycles. The standard InChI is InChI=1S/C13H16BrFO/c14-8-11-5-6-13(12(15)7-11)16-9-10-3-1-2-4-10/h5-7,10H,1-4,8-9H2. The summed E-state index contributed by atoms with van der Waals surface area (Å²) in [5, 5.41) is 0.673. The molecule has 0 bridgehead atoms. The Morgan fingerprint density at radius 2 is 2.06 bits per heavy atom. The first-order valence-electron chi connectivity index (χ1n) is 5.77. The molecule has 1 saturated carbocycles. The number of ether oxygens (including phenoxy) is 1. The molecule has 0 saturated heterocycles. The fourth-order valence-electron chi connectivity index (χ4n) is 2.13. The third-order valence-electron chi connectivity index (χ3n) is 3.10. The number of rotatable bonds is 4. The molecule has 2 rings (SSSR count). The van der Waals surface area contributed by atoms with E-state index in [9.17, 15) is 4.39 Å². The highest BCUT2D eigenvalue weighted by molar-refractivity contribution is 9.08. The smallest absolute Gasteiger partial charge is 0.165 e. The minimum absolute atomic E-state index is 0.255. The number of halogens is 2. The van der Waals surface area contributed by atoms with E-state index in [1.807, 2.05) is 6.07 Å². The molecule has 16 heavy (non-hydrogen) atoms. The Balaban J connectivity index is 1.93. The summed E-state index contributed by atoms with van der Waals surface area (Å²) in [5.41, 5.74) is 0.936. The number of hydrogen-bond acceptors (Lipinski definition) is 1. The number of benzene rings is 1. The van der Waals surface area contributed by atoms with Crippen molar-refractivity contribution < 1.29 is 9.13 Å². The number of alkyl halides is 1. The monoisotopic (exact) mass is 286 g/mol. The van der Waals surface area contributed by atoms with Crippen molar-refractivity contribution in [1.29, 1.82) is 0 Å². The van der Waals surface area contributed by atoms with Crippen molar-refractivity contribution >= 4 is 15.9 Å². The maximum Gasteiger partial charge on any atom is 0.165 e. The molecule has 0 heterocycles. The van der Waals surface area contributed by atoms with Crippen LogP contribution in [0.4, 0.5) is 4.39 Å². The molecule has 0 aromatic heterocycles. The predicted molar refractivity (Wildman–Crippen MR) is 66.5 cm³/mol. The third kappa shape index (κ3) is 2.97. The van der Waals surface area contributed by atoms with Crippen molar-refractivity contribution in [3.63, 3.8) is 0 Å². The molecular weight excluding hydrogens is 271 g/mol. The Kier molecular flexibility index (Phi) is 4.22. The Morgan fingerprint density at radius 3 is 2.69 bits per heavy atom. The minimum atomic E-state index is -0.255. The normalized spacial score (nSPS) is 16.6. The van der Waals surface area contributed by atoms with Gasteiger partial charge in [-0.1, -0.05) is 34.8 Å². The first-order chi connectivity index (χ1) is 7.79. The van der Waals surface area contributed by atoms with Crippen molar-refractivity contribution in [2.75, 3.05) is 6.61 Å². The molecule has 0 spiro atoms. The topological polar surface area (TPSA) is 9.23 Å². The highest BCUT2D eigenvalue weighted by Gasteiger charge is 2.16. The third-order valence-corrected chi connectivity index (χ3v) is 3.75. The molecule has 1 fully saturated rings. The summed E-state index contributed by atoms with van der Waals surface area (Å²) in [4.78, 5) is 0. The first-order valence-corrected chi connectivity index (χ1v) is 6.89. The van der Waals surface area contributed by atoms with Gasteiger partial charge in [-0.15, -0.1) is 0 Å². The second kappa shape index (κ2) is 5.67. The van der Waals surface area contributed by atoms with Crippen LogP contribution in [0, 0.1) is 11.7 Å². The Morgan fingerprint density at radius 1 is 1.31 bits per heavy atom. The van der Waals surface area contributed by atoms with Gasteiger partial charge in [0.1, 0.15) is 0 Å². The second-order valence-corrected chi connectivity index (χ2v) is 4.92.